The first-order valence-electron chi connectivity index (χ1n) is 4.77. The fourth-order valence-electron chi connectivity index (χ4n) is 0.946. The molecule has 0 atom stereocenters. The van der Waals surface area contributed by atoms with E-state index in [2.05, 4.69) is 17.2 Å². The maximum Gasteiger partial charge on any atom is 0.234 e. The molecule has 0 fully saturated rings. The largest absolute Gasteiger partial charge is 0.353 e. The maximum absolute atomic E-state index is 11.1. The van der Waals surface area contributed by atoms with Crippen molar-refractivity contribution in [2.24, 2.45) is 0 Å². The molecule has 0 heterocycles. The zero-order chi connectivity index (χ0) is 10.1. The molecule has 0 unspecified atom stereocenters. The Morgan fingerprint density at radius 1 is 1.54 bits per heavy atom. The summed E-state index contributed by atoms with van der Waals surface area (Å²) in [6.07, 6.45) is 3.92. The highest BCUT2D eigenvalue weighted by atomic mass is 16.1. The maximum atomic E-state index is 11.1. The van der Waals surface area contributed by atoms with E-state index in [1.165, 1.54) is 0 Å². The van der Waals surface area contributed by atoms with Crippen LogP contribution in [0.4, 0.5) is 0 Å². The number of nitrogens with one attached hydrogen (secondary N) is 2. The Kier molecular flexibility index (Phi) is 7.30. The van der Waals surface area contributed by atoms with Crippen molar-refractivity contribution in [1.29, 1.82) is 0 Å². The molecule has 0 saturated heterocycles. The Labute approximate surface area is 80.6 Å². The smallest absolute Gasteiger partial charge is 0.234 e. The van der Waals surface area contributed by atoms with Crippen molar-refractivity contribution in [1.82, 2.24) is 10.6 Å². The number of amides is 1. The minimum atomic E-state index is 0.0635. The second-order valence-electron chi connectivity index (χ2n) is 3.33. The molecule has 0 aliphatic rings. The molecule has 3 heteroatoms. The molecule has 0 aliphatic carbocycles. The summed E-state index contributed by atoms with van der Waals surface area (Å²) in [5.41, 5.74) is 0. The van der Waals surface area contributed by atoms with E-state index in [0.717, 1.165) is 19.4 Å². The number of hydrogen-bond donors (Lipinski definition) is 2. The Morgan fingerprint density at radius 3 is 2.77 bits per heavy atom. The first-order valence-corrected chi connectivity index (χ1v) is 4.77. The molecule has 1 amide bonds. The van der Waals surface area contributed by atoms with Gasteiger partial charge in [0.05, 0.1) is 6.54 Å². The van der Waals surface area contributed by atoms with E-state index in [-0.39, 0.29) is 11.9 Å². The normalized spacial score (nSPS) is 10.1. The summed E-state index contributed by atoms with van der Waals surface area (Å²) < 4.78 is 0. The topological polar surface area (TPSA) is 41.1 Å². The van der Waals surface area contributed by atoms with Crippen molar-refractivity contribution < 1.29 is 4.79 Å². The van der Waals surface area contributed by atoms with E-state index < -0.39 is 0 Å². The summed E-state index contributed by atoms with van der Waals surface area (Å²) in [5, 5.41) is 5.88. The van der Waals surface area contributed by atoms with Crippen LogP contribution in [0.15, 0.2) is 12.7 Å². The van der Waals surface area contributed by atoms with Crippen molar-refractivity contribution in [3.63, 3.8) is 0 Å². The molecule has 0 aromatic rings. The van der Waals surface area contributed by atoms with E-state index >= 15 is 0 Å². The molecule has 0 bridgehead atoms. The molecule has 2 N–H and O–H groups in total. The van der Waals surface area contributed by atoms with Crippen LogP contribution in [0.5, 0.6) is 0 Å². The first-order chi connectivity index (χ1) is 6.16. The van der Waals surface area contributed by atoms with Gasteiger partial charge in [-0.3, -0.25) is 4.79 Å². The van der Waals surface area contributed by atoms with Crippen LogP contribution >= 0.6 is 0 Å². The summed E-state index contributed by atoms with van der Waals surface area (Å²) in [4.78, 5) is 11.1. The fourth-order valence-corrected chi connectivity index (χ4v) is 0.946. The second-order valence-corrected chi connectivity index (χ2v) is 3.33. The van der Waals surface area contributed by atoms with Crippen LogP contribution in [0.2, 0.25) is 0 Å². The molecular weight excluding hydrogens is 164 g/mol. The number of unbranched alkanes of at least 4 members (excludes halogenated alkanes) is 1. The molecule has 0 radical (unpaired) electrons. The highest BCUT2D eigenvalue weighted by molar-refractivity contribution is 5.78. The Hall–Kier alpha value is -0.830. The first kappa shape index (κ1) is 12.2. The van der Waals surface area contributed by atoms with Gasteiger partial charge in [0, 0.05) is 6.04 Å². The Balaban J connectivity index is 3.22. The lowest BCUT2D eigenvalue weighted by molar-refractivity contribution is -0.120. The summed E-state index contributed by atoms with van der Waals surface area (Å²) in [5.74, 6) is 0.0635. The van der Waals surface area contributed by atoms with Gasteiger partial charge in [0.25, 0.3) is 0 Å². The highest BCUT2D eigenvalue weighted by Gasteiger charge is 2.00. The monoisotopic (exact) mass is 184 g/mol. The number of carbonyl (C=O) groups excluding carboxylic acids is 1. The summed E-state index contributed by atoms with van der Waals surface area (Å²) in [6.45, 7) is 8.82. The quantitative estimate of drug-likeness (QED) is 0.459. The molecule has 0 aromatic carbocycles. The fraction of sp³-hybridized carbons (Fsp3) is 0.700. The van der Waals surface area contributed by atoms with Gasteiger partial charge in [0.1, 0.15) is 0 Å². The molecule has 76 valence electrons. The van der Waals surface area contributed by atoms with E-state index in [1.54, 1.807) is 0 Å². The van der Waals surface area contributed by atoms with Crippen LogP contribution < -0.4 is 10.6 Å². The van der Waals surface area contributed by atoms with Crippen molar-refractivity contribution in [2.45, 2.75) is 32.7 Å². The molecule has 13 heavy (non-hydrogen) atoms. The lowest BCUT2D eigenvalue weighted by atomic mass is 10.3. The third-order valence-corrected chi connectivity index (χ3v) is 1.50. The van der Waals surface area contributed by atoms with Crippen molar-refractivity contribution in [2.75, 3.05) is 13.1 Å². The van der Waals surface area contributed by atoms with Crippen LogP contribution in [0.25, 0.3) is 0 Å². The standard InChI is InChI=1S/C10H20N2O/c1-4-5-6-7-11-8-10(13)12-9(2)3/h4,9,11H,1,5-8H2,2-3H3,(H,12,13). The summed E-state index contributed by atoms with van der Waals surface area (Å²) >= 11 is 0. The van der Waals surface area contributed by atoms with Gasteiger partial charge in [-0.05, 0) is 33.2 Å². The van der Waals surface area contributed by atoms with Crippen LogP contribution in [-0.2, 0) is 4.79 Å². The molecular formula is C10H20N2O. The predicted octanol–water partition coefficient (Wildman–Crippen LogP) is 1.07. The van der Waals surface area contributed by atoms with Crippen LogP contribution in [0.3, 0.4) is 0 Å². The number of rotatable bonds is 7. The van der Waals surface area contributed by atoms with Gasteiger partial charge in [0.15, 0.2) is 0 Å². The summed E-state index contributed by atoms with van der Waals surface area (Å²) in [6, 6.07) is 0.225. The lowest BCUT2D eigenvalue weighted by Gasteiger charge is -2.08. The molecule has 3 nitrogen and oxygen atoms in total. The lowest BCUT2D eigenvalue weighted by Crippen LogP contribution is -2.37. The zero-order valence-electron chi connectivity index (χ0n) is 8.60. The Bertz CT molecular complexity index is 155. The van der Waals surface area contributed by atoms with Gasteiger partial charge in [-0.15, -0.1) is 6.58 Å². The number of carbonyl (C=O) groups is 1. The van der Waals surface area contributed by atoms with Gasteiger partial charge in [-0.1, -0.05) is 6.08 Å². The number of allylic oxidation sites excluding steroid dienone is 1. The third-order valence-electron chi connectivity index (χ3n) is 1.50. The minimum Gasteiger partial charge on any atom is -0.353 e. The Morgan fingerprint density at radius 2 is 2.23 bits per heavy atom. The molecule has 0 saturated carbocycles. The van der Waals surface area contributed by atoms with E-state index in [4.69, 9.17) is 0 Å². The molecule has 0 spiro atoms. The summed E-state index contributed by atoms with van der Waals surface area (Å²) in [7, 11) is 0. The molecule has 0 aliphatic heterocycles. The zero-order valence-corrected chi connectivity index (χ0v) is 8.60. The van der Waals surface area contributed by atoms with Crippen molar-refractivity contribution in [3.8, 4) is 0 Å². The molecule has 0 aromatic heterocycles. The second kappa shape index (κ2) is 7.80. The average Bonchev–Trinajstić information content (AvgIpc) is 2.02. The van der Waals surface area contributed by atoms with Gasteiger partial charge in [-0.2, -0.15) is 0 Å². The van der Waals surface area contributed by atoms with Gasteiger partial charge in [0.2, 0.25) is 5.91 Å². The van der Waals surface area contributed by atoms with Gasteiger partial charge in [-0.25, -0.2) is 0 Å². The average molecular weight is 184 g/mol. The van der Waals surface area contributed by atoms with E-state index in [1.807, 2.05) is 19.9 Å². The minimum absolute atomic E-state index is 0.0635. The predicted molar refractivity (Wildman–Crippen MR) is 55.6 cm³/mol. The van der Waals surface area contributed by atoms with Gasteiger partial charge < -0.3 is 10.6 Å². The van der Waals surface area contributed by atoms with Crippen molar-refractivity contribution in [3.05, 3.63) is 12.7 Å². The van der Waals surface area contributed by atoms with E-state index in [0.29, 0.717) is 6.54 Å². The van der Waals surface area contributed by atoms with Crippen LogP contribution in [0, 0.1) is 0 Å². The third kappa shape index (κ3) is 9.08. The van der Waals surface area contributed by atoms with Crippen LogP contribution in [-0.4, -0.2) is 25.0 Å². The van der Waals surface area contributed by atoms with Crippen LogP contribution in [0.1, 0.15) is 26.7 Å². The molecule has 0 rings (SSSR count). The highest BCUT2D eigenvalue weighted by Crippen LogP contribution is 1.85. The SMILES string of the molecule is C=CCCCNCC(=O)NC(C)C. The van der Waals surface area contributed by atoms with E-state index in [9.17, 15) is 4.79 Å². The van der Waals surface area contributed by atoms with Gasteiger partial charge >= 0.3 is 0 Å². The number of hydrogen-bond acceptors (Lipinski definition) is 2. The van der Waals surface area contributed by atoms with Crippen molar-refractivity contribution >= 4 is 5.91 Å².